The van der Waals surface area contributed by atoms with Gasteiger partial charge in [0.05, 0.1) is 23.7 Å². The van der Waals surface area contributed by atoms with E-state index in [4.69, 9.17) is 48.8 Å². The highest BCUT2D eigenvalue weighted by atomic mass is 16.6. The molecule has 23 heteroatoms. The lowest BCUT2D eigenvalue weighted by Crippen LogP contribution is -2.45. The van der Waals surface area contributed by atoms with Gasteiger partial charge < -0.3 is 58.1 Å². The molecule has 4 aromatic rings. The first-order valence-electron chi connectivity index (χ1n) is 31.1. The molecule has 5 aliphatic rings. The van der Waals surface area contributed by atoms with E-state index < -0.39 is 38.6 Å². The number of aryl methyl sites for hydroxylation is 4. The second kappa shape index (κ2) is 28.9. The summed E-state index contributed by atoms with van der Waals surface area (Å²) >= 11 is 0. The zero-order chi connectivity index (χ0) is 63.0. The van der Waals surface area contributed by atoms with Gasteiger partial charge in [-0.15, -0.1) is 0 Å². The van der Waals surface area contributed by atoms with Gasteiger partial charge in [0.1, 0.15) is 17.8 Å². The molecule has 5 saturated heterocycles. The molecule has 9 heterocycles. The Morgan fingerprint density at radius 1 is 0.548 bits per heavy atom. The molecule has 5 aliphatic heterocycles. The van der Waals surface area contributed by atoms with Crippen molar-refractivity contribution in [2.45, 2.75) is 168 Å². The molecule has 0 saturated carbocycles. The second-order valence-electron chi connectivity index (χ2n) is 20.4. The van der Waals surface area contributed by atoms with Gasteiger partial charge in [0.2, 0.25) is 23.6 Å². The number of amides is 2. The number of piperidine rings is 5. The summed E-state index contributed by atoms with van der Waals surface area (Å²) in [6.45, 7) is 9.27. The summed E-state index contributed by atoms with van der Waals surface area (Å²) < 4.78 is 121. The highest BCUT2D eigenvalue weighted by Crippen LogP contribution is 2.28. The fourth-order valence-electron chi connectivity index (χ4n) is 8.46. The summed E-state index contributed by atoms with van der Waals surface area (Å²) in [6, 6.07) is 0. The van der Waals surface area contributed by atoms with Crippen molar-refractivity contribution >= 4 is 18.0 Å². The summed E-state index contributed by atoms with van der Waals surface area (Å²) in [5.74, 6) is 0.953. The predicted octanol–water partition coefficient (Wildman–Crippen LogP) is 6.88. The lowest BCUT2D eigenvalue weighted by Gasteiger charge is -2.33. The first-order chi connectivity index (χ1) is 39.6. The van der Waals surface area contributed by atoms with Crippen LogP contribution in [0.4, 0.5) is 9.59 Å². The van der Waals surface area contributed by atoms with Crippen LogP contribution in [0.15, 0.2) is 18.1 Å². The molecule has 3 N–H and O–H groups in total. The second-order valence-corrected chi connectivity index (χ2v) is 20.4. The van der Waals surface area contributed by atoms with Crippen molar-refractivity contribution in [3.63, 3.8) is 0 Å². The molecule has 408 valence electrons. The highest BCUT2D eigenvalue weighted by molar-refractivity contribution is 5.83. The topological polar surface area (TPSA) is 277 Å². The van der Waals surface area contributed by atoms with Crippen molar-refractivity contribution in [3.05, 3.63) is 46.9 Å². The van der Waals surface area contributed by atoms with E-state index in [2.05, 4.69) is 56.5 Å². The van der Waals surface area contributed by atoms with Crippen molar-refractivity contribution in [1.82, 2.24) is 66.3 Å². The van der Waals surface area contributed by atoms with E-state index in [1.165, 1.54) is 7.11 Å². The lowest BCUT2D eigenvalue weighted by molar-refractivity contribution is -0.128. The van der Waals surface area contributed by atoms with Gasteiger partial charge in [0.25, 0.3) is 0 Å². The highest BCUT2D eigenvalue weighted by Gasteiger charge is 2.32. The van der Waals surface area contributed by atoms with Gasteiger partial charge >= 0.3 is 12.2 Å². The molecule has 9 rings (SSSR count). The summed E-state index contributed by atoms with van der Waals surface area (Å²) in [4.78, 5) is 54.7. The Morgan fingerprint density at radius 3 is 1.23 bits per heavy atom. The molecule has 5 fully saturated rings. The number of Topliss-reactive ketones (excluding diaryl/α,β-unsaturated/α-hetero) is 1. The van der Waals surface area contributed by atoms with E-state index in [0.29, 0.717) is 43.9 Å². The first kappa shape index (κ1) is 42.9. The van der Waals surface area contributed by atoms with Crippen LogP contribution < -0.4 is 16.0 Å². The van der Waals surface area contributed by atoms with Crippen LogP contribution in [0.5, 0.6) is 0 Å². The molecule has 73 heavy (non-hydrogen) atoms. The van der Waals surface area contributed by atoms with E-state index in [9.17, 15) is 14.4 Å². The number of rotatable bonds is 7. The number of hydrogen-bond acceptors (Lipinski definition) is 21. The predicted molar refractivity (Wildman–Crippen MR) is 268 cm³/mol. The Morgan fingerprint density at radius 2 is 0.904 bits per heavy atom. The van der Waals surface area contributed by atoms with E-state index in [-0.39, 0.29) is 83.4 Å². The van der Waals surface area contributed by atoms with Crippen LogP contribution in [-0.4, -0.2) is 159 Å². The average Bonchev–Trinajstić information content (AvgIpc) is 4.49. The number of carbonyl (C=O) groups excluding carboxylic acids is 3. The minimum absolute atomic E-state index is 0.0609. The number of nitrogens with zero attached hydrogens (tertiary/aromatic N) is 10. The van der Waals surface area contributed by atoms with Gasteiger partial charge in [0.15, 0.2) is 29.1 Å². The zero-order valence-electron chi connectivity index (χ0n) is 55.3. The quantitative estimate of drug-likeness (QED) is 0.170. The third-order valence-electron chi connectivity index (χ3n) is 11.9. The smallest absolute Gasteiger partial charge is 0.410 e. The zero-order valence-corrected chi connectivity index (χ0v) is 43.3. The van der Waals surface area contributed by atoms with Gasteiger partial charge in [-0.25, -0.2) is 9.59 Å². The number of methoxy groups -OCH3 is 1. The summed E-state index contributed by atoms with van der Waals surface area (Å²) in [5.41, 5.74) is -1.05. The molecule has 0 bridgehead atoms. The number of carbonyl (C=O) groups is 3. The number of ether oxygens (including phenoxy) is 3. The van der Waals surface area contributed by atoms with Crippen LogP contribution in [-0.2, 0) is 19.0 Å². The Kier molecular flexibility index (Phi) is 17.0. The van der Waals surface area contributed by atoms with E-state index in [1.54, 1.807) is 9.80 Å². The SMILES string of the molecule is COCC(=O)C1CCCN(C(=O)OC(C)(C)C)C1.[2H]C([2H])([2H])c1noc(C2CCCN(C(=O)OC(C)(C)C)C2)n1.[2H]C([2H])([2H])c1noc(C2CCCNC2)n1.[2H]C([2H])([2H])c1noc([C@@H]2CCCNC2)n1.[2H]C([2H])([2H])c1noc([C@H]2CCCNC2)n1. The van der Waals surface area contributed by atoms with Gasteiger partial charge in [0, 0.05) is 75.3 Å². The van der Waals surface area contributed by atoms with Gasteiger partial charge in [-0.3, -0.25) is 4.79 Å². The summed E-state index contributed by atoms with van der Waals surface area (Å²) in [5, 5.41) is 23.6. The Hall–Kier alpha value is -5.39. The van der Waals surface area contributed by atoms with Crippen LogP contribution in [0.25, 0.3) is 0 Å². The molecule has 23 nitrogen and oxygen atoms in total. The van der Waals surface area contributed by atoms with Crippen LogP contribution in [0.3, 0.4) is 0 Å². The maximum absolute atomic E-state index is 12.1. The van der Waals surface area contributed by atoms with Crippen molar-refractivity contribution < 1.29 is 63.1 Å². The summed E-state index contributed by atoms with van der Waals surface area (Å²) in [6.07, 6.45) is 8.53. The van der Waals surface area contributed by atoms with Crippen LogP contribution >= 0.6 is 0 Å². The monoisotopic (exact) mass is 1040 g/mol. The maximum atomic E-state index is 12.1. The largest absolute Gasteiger partial charge is 0.444 e. The number of aromatic nitrogens is 8. The van der Waals surface area contributed by atoms with Gasteiger partial charge in [-0.05, 0) is 153 Å². The molecule has 0 aliphatic carbocycles. The third-order valence-corrected chi connectivity index (χ3v) is 11.9. The Balaban J connectivity index is 0.000000196. The number of hydrogen-bond donors (Lipinski definition) is 3. The minimum atomic E-state index is -2.39. The van der Waals surface area contributed by atoms with E-state index in [0.717, 1.165) is 103 Å². The van der Waals surface area contributed by atoms with Crippen LogP contribution in [0, 0.1) is 33.3 Å². The standard InChI is InChI=1S/C13H21N3O3.C13H23NO4.3C8H13N3O/c1-9-14-11(19-15-9)10-6-5-7-16(8-10)12(17)18-13(2,3)4;1-13(2,3)18-12(16)14-7-5-6-10(8-14)11(15)9-17-4;3*1-6-10-8(12-11-6)7-3-2-4-9-5-7/h10H,5-8H2,1-4H3;10H,5-9H2,1-4H3;3*7,9H,2-5H2,1H3/t;;2*7-;/m..10./s1/i1D3;;3*1D3. The molecule has 2 amide bonds. The molecule has 0 aromatic carbocycles. The number of likely N-dealkylation sites (tertiary alicyclic amines) is 2. The molecular weight excluding hydrogens is 943 g/mol. The minimum Gasteiger partial charge on any atom is -0.444 e. The fourth-order valence-corrected chi connectivity index (χ4v) is 8.46. The van der Waals surface area contributed by atoms with Crippen molar-refractivity contribution in [3.8, 4) is 0 Å². The van der Waals surface area contributed by atoms with E-state index >= 15 is 0 Å². The first-order valence-corrected chi connectivity index (χ1v) is 25.1. The van der Waals surface area contributed by atoms with Crippen molar-refractivity contribution in [2.75, 3.05) is 79.2 Å². The Labute approximate surface area is 447 Å². The molecule has 5 atom stereocenters. The third kappa shape index (κ3) is 20.8. The Bertz CT molecular complexity index is 2510. The van der Waals surface area contributed by atoms with Gasteiger partial charge in [-0.2, -0.15) is 19.9 Å². The maximum Gasteiger partial charge on any atom is 0.410 e. The molecule has 0 spiro atoms. The van der Waals surface area contributed by atoms with E-state index in [1.807, 2.05) is 41.5 Å². The van der Waals surface area contributed by atoms with Crippen molar-refractivity contribution in [2.24, 2.45) is 5.92 Å². The average molecular weight is 1040 g/mol. The molecular formula is C50H83N13O10. The van der Waals surface area contributed by atoms with Crippen molar-refractivity contribution in [1.29, 1.82) is 0 Å². The number of ketones is 1. The van der Waals surface area contributed by atoms with Crippen LogP contribution in [0.1, 0.15) is 193 Å². The molecule has 0 radical (unpaired) electrons. The molecule has 3 unspecified atom stereocenters. The van der Waals surface area contributed by atoms with Gasteiger partial charge in [-0.1, -0.05) is 20.6 Å². The summed E-state index contributed by atoms with van der Waals surface area (Å²) in [7, 11) is 1.51. The lowest BCUT2D eigenvalue weighted by atomic mass is 9.94. The number of nitrogens with one attached hydrogen (secondary N) is 3. The normalized spacial score (nSPS) is 25.5. The fraction of sp³-hybridized carbons (Fsp3) is 0.780. The van der Waals surface area contributed by atoms with Crippen LogP contribution in [0.2, 0.25) is 0 Å². The molecule has 4 aromatic heterocycles.